The highest BCUT2D eigenvalue weighted by Crippen LogP contribution is 2.30. The smallest absolute Gasteiger partial charge is 0.220 e. The van der Waals surface area contributed by atoms with Gasteiger partial charge in [-0.15, -0.1) is 0 Å². The van der Waals surface area contributed by atoms with Gasteiger partial charge in [-0.3, -0.25) is 4.79 Å². The molecule has 0 spiro atoms. The fourth-order valence-corrected chi connectivity index (χ4v) is 9.05. The van der Waals surface area contributed by atoms with Crippen LogP contribution in [0.15, 0.2) is 122 Å². The zero-order valence-corrected chi connectivity index (χ0v) is 48.3. The number of aliphatic hydroxyl groups is 8. The Hall–Kier alpha value is -3.61. The third-order valence-corrected chi connectivity index (χ3v) is 13.9. The largest absolute Gasteiger partial charge is 0.394 e. The van der Waals surface area contributed by atoms with Gasteiger partial charge in [0.15, 0.2) is 12.6 Å². The van der Waals surface area contributed by atoms with Crippen LogP contribution in [0.5, 0.6) is 0 Å². The standard InChI is InChI=1S/C65H107NO13/c1-3-5-7-9-11-13-15-17-19-20-21-22-23-24-25-26-27-28-29-30-31-32-33-34-35-37-39-41-43-45-47-49-57(70)66-53(54(69)48-46-44-42-40-38-36-18-16-14-12-10-8-6-4-2)52-76-64-62(75)60(73)63(56(51-68)78-64)79-65-61(74)59(72)58(71)55(50-67)77-65/h5,7,11,13,17,19,21-22,24-25,27-28,30-31,33-34,37,39,46,48,53-56,58-65,67-69,71-75H,3-4,6,8-10,12,14-16,18,20,23,26,29,32,35-36,38,40-45,47,49-52H2,1-2H3,(H,66,70)/b7-5-,13-11-,19-17-,22-21-,25-24-,28-27-,31-30-,34-33-,39-37-,48-46+. The van der Waals surface area contributed by atoms with E-state index in [0.717, 1.165) is 103 Å². The molecule has 2 heterocycles. The van der Waals surface area contributed by atoms with Crippen LogP contribution in [0.4, 0.5) is 0 Å². The van der Waals surface area contributed by atoms with Crippen molar-refractivity contribution in [1.29, 1.82) is 0 Å². The second-order valence-electron chi connectivity index (χ2n) is 20.7. The predicted octanol–water partition coefficient (Wildman–Crippen LogP) is 10.6. The van der Waals surface area contributed by atoms with Crippen molar-refractivity contribution in [1.82, 2.24) is 5.32 Å². The molecule has 9 N–H and O–H groups in total. The fraction of sp³-hybridized carbons (Fsp3) is 0.677. The van der Waals surface area contributed by atoms with Crippen LogP contribution in [0.3, 0.4) is 0 Å². The number of ether oxygens (including phenoxy) is 4. The Bertz CT molecular complexity index is 1790. The fourth-order valence-electron chi connectivity index (χ4n) is 9.05. The van der Waals surface area contributed by atoms with Gasteiger partial charge >= 0.3 is 0 Å². The van der Waals surface area contributed by atoms with Crippen molar-refractivity contribution in [2.24, 2.45) is 0 Å². The number of aliphatic hydroxyl groups excluding tert-OH is 8. The summed E-state index contributed by atoms with van der Waals surface area (Å²) in [5.41, 5.74) is 0. The number of amides is 1. The van der Waals surface area contributed by atoms with Crippen LogP contribution in [-0.2, 0) is 23.7 Å². The van der Waals surface area contributed by atoms with E-state index in [-0.39, 0.29) is 18.9 Å². The highest BCUT2D eigenvalue weighted by Gasteiger charge is 2.51. The monoisotopic (exact) mass is 1110 g/mol. The van der Waals surface area contributed by atoms with Gasteiger partial charge in [0, 0.05) is 6.42 Å². The second kappa shape index (κ2) is 49.0. The Morgan fingerprint density at radius 3 is 1.34 bits per heavy atom. The lowest BCUT2D eigenvalue weighted by molar-refractivity contribution is -0.359. The number of rotatable bonds is 46. The zero-order valence-electron chi connectivity index (χ0n) is 48.3. The minimum Gasteiger partial charge on any atom is -0.394 e. The zero-order chi connectivity index (χ0) is 57.4. The summed E-state index contributed by atoms with van der Waals surface area (Å²) in [4.78, 5) is 13.2. The maximum atomic E-state index is 13.2. The van der Waals surface area contributed by atoms with Gasteiger partial charge in [0.05, 0.1) is 32.0 Å². The van der Waals surface area contributed by atoms with Crippen molar-refractivity contribution >= 4 is 5.91 Å². The third-order valence-electron chi connectivity index (χ3n) is 13.9. The number of carbonyl (C=O) groups is 1. The van der Waals surface area contributed by atoms with Crippen LogP contribution in [-0.4, -0.2) is 140 Å². The van der Waals surface area contributed by atoms with E-state index in [0.29, 0.717) is 6.42 Å². The molecule has 1 amide bonds. The van der Waals surface area contributed by atoms with Crippen molar-refractivity contribution < 1.29 is 64.6 Å². The van der Waals surface area contributed by atoms with Crippen molar-refractivity contribution in [3.8, 4) is 0 Å². The highest BCUT2D eigenvalue weighted by molar-refractivity contribution is 5.76. The molecule has 79 heavy (non-hydrogen) atoms. The SMILES string of the molecule is CC/C=C\C/C=C\C/C=C\C/C=C\C/C=C\C/C=C\C/C=C\C/C=C\C/C=C\CCCCCC(=O)NC(COC1OC(CO)C(OC2OC(CO)C(O)C(O)C2O)C(O)C1O)C(O)/C=C/CCCCCCCCCCCCCC. The molecule has 12 unspecified atom stereocenters. The molecule has 0 aliphatic carbocycles. The second-order valence-corrected chi connectivity index (χ2v) is 20.7. The van der Waals surface area contributed by atoms with Gasteiger partial charge in [-0.25, -0.2) is 0 Å². The predicted molar refractivity (Wildman–Crippen MR) is 318 cm³/mol. The molecule has 0 aromatic carbocycles. The molecule has 2 aliphatic rings. The minimum absolute atomic E-state index is 0.233. The van der Waals surface area contributed by atoms with Crippen LogP contribution >= 0.6 is 0 Å². The maximum absolute atomic E-state index is 13.2. The van der Waals surface area contributed by atoms with E-state index >= 15 is 0 Å². The van der Waals surface area contributed by atoms with Crippen molar-refractivity contribution in [2.45, 2.75) is 261 Å². The van der Waals surface area contributed by atoms with Gasteiger partial charge in [0.2, 0.25) is 5.91 Å². The Balaban J connectivity index is 1.75. The van der Waals surface area contributed by atoms with Gasteiger partial charge in [-0.05, 0) is 89.9 Å². The minimum atomic E-state index is -1.80. The van der Waals surface area contributed by atoms with Crippen LogP contribution in [0.1, 0.15) is 187 Å². The molecule has 2 aliphatic heterocycles. The summed E-state index contributed by atoms with van der Waals surface area (Å²) in [5, 5.41) is 87.0. The molecule has 14 heteroatoms. The molecule has 2 fully saturated rings. The molecule has 12 atom stereocenters. The van der Waals surface area contributed by atoms with Gasteiger partial charge in [0.25, 0.3) is 0 Å². The molecule has 14 nitrogen and oxygen atoms in total. The van der Waals surface area contributed by atoms with Crippen molar-refractivity contribution in [3.63, 3.8) is 0 Å². The highest BCUT2D eigenvalue weighted by atomic mass is 16.7. The van der Waals surface area contributed by atoms with E-state index in [1.807, 2.05) is 6.08 Å². The van der Waals surface area contributed by atoms with E-state index in [1.54, 1.807) is 6.08 Å². The number of hydrogen-bond donors (Lipinski definition) is 9. The molecule has 0 aromatic heterocycles. The first-order valence-corrected chi connectivity index (χ1v) is 30.3. The molecule has 0 radical (unpaired) electrons. The lowest BCUT2D eigenvalue weighted by Crippen LogP contribution is -2.65. The Morgan fingerprint density at radius 1 is 0.468 bits per heavy atom. The Morgan fingerprint density at radius 2 is 0.873 bits per heavy atom. The van der Waals surface area contributed by atoms with Crippen LogP contribution in [0.25, 0.3) is 0 Å². The molecule has 2 saturated heterocycles. The lowest BCUT2D eigenvalue weighted by atomic mass is 9.97. The van der Waals surface area contributed by atoms with E-state index in [4.69, 9.17) is 18.9 Å². The van der Waals surface area contributed by atoms with Crippen molar-refractivity contribution in [2.75, 3.05) is 19.8 Å². The van der Waals surface area contributed by atoms with Gasteiger partial charge in [-0.2, -0.15) is 0 Å². The molecule has 450 valence electrons. The summed E-state index contributed by atoms with van der Waals surface area (Å²) >= 11 is 0. The molecule has 0 saturated carbocycles. The van der Waals surface area contributed by atoms with Crippen LogP contribution < -0.4 is 5.32 Å². The third kappa shape index (κ3) is 34.4. The quantitative estimate of drug-likeness (QED) is 0.0204. The molecule has 2 rings (SSSR count). The molecule has 0 aromatic rings. The Kier molecular flexibility index (Phi) is 44.4. The summed E-state index contributed by atoms with van der Waals surface area (Å²) in [5.74, 6) is -0.277. The number of carbonyl (C=O) groups excluding carboxylic acids is 1. The van der Waals surface area contributed by atoms with E-state index in [2.05, 4.69) is 129 Å². The summed E-state index contributed by atoms with van der Waals surface area (Å²) in [6.07, 6.45) is 53.8. The number of unbranched alkanes of at least 4 members (excludes halogenated alkanes) is 15. The molecular weight excluding hydrogens is 1000 g/mol. The summed E-state index contributed by atoms with van der Waals surface area (Å²) < 4.78 is 22.7. The number of nitrogens with one attached hydrogen (secondary N) is 1. The summed E-state index contributed by atoms with van der Waals surface area (Å²) in [6.45, 7) is 2.63. The van der Waals surface area contributed by atoms with Crippen molar-refractivity contribution in [3.05, 3.63) is 122 Å². The number of hydrogen-bond acceptors (Lipinski definition) is 13. The van der Waals surface area contributed by atoms with Crippen LogP contribution in [0, 0.1) is 0 Å². The maximum Gasteiger partial charge on any atom is 0.220 e. The van der Waals surface area contributed by atoms with Gasteiger partial charge in [0.1, 0.15) is 48.8 Å². The average Bonchev–Trinajstić information content (AvgIpc) is 3.55. The first-order valence-electron chi connectivity index (χ1n) is 30.3. The molecular formula is C65H107NO13. The van der Waals surface area contributed by atoms with E-state index < -0.39 is 86.8 Å². The number of allylic oxidation sites excluding steroid dienone is 19. The van der Waals surface area contributed by atoms with Gasteiger partial charge < -0.3 is 65.1 Å². The summed E-state index contributed by atoms with van der Waals surface area (Å²) in [7, 11) is 0. The lowest BCUT2D eigenvalue weighted by Gasteiger charge is -2.46. The normalized spacial score (nSPS) is 25.3. The van der Waals surface area contributed by atoms with E-state index in [9.17, 15) is 45.6 Å². The Labute approximate surface area is 476 Å². The topological polar surface area (TPSA) is 228 Å². The first-order chi connectivity index (χ1) is 38.6. The van der Waals surface area contributed by atoms with Gasteiger partial charge in [-0.1, -0.05) is 212 Å². The van der Waals surface area contributed by atoms with Crippen LogP contribution in [0.2, 0.25) is 0 Å². The van der Waals surface area contributed by atoms with E-state index in [1.165, 1.54) is 57.8 Å². The average molecular weight is 1110 g/mol. The summed E-state index contributed by atoms with van der Waals surface area (Å²) in [6, 6.07) is -0.941. The first kappa shape index (κ1) is 71.5. The molecule has 0 bridgehead atoms.